The van der Waals surface area contributed by atoms with Gasteiger partial charge in [-0.2, -0.15) is 0 Å². The van der Waals surface area contributed by atoms with Gasteiger partial charge in [0.15, 0.2) is 0 Å². The maximum absolute atomic E-state index is 1.52. The van der Waals surface area contributed by atoms with E-state index >= 15 is 0 Å². The standard InChI is InChI=1S/C4H8.2Na/c1-3-4-2;;/h1-4H2;;. The fourth-order valence-electron chi connectivity index (χ4n) is 0.500. The van der Waals surface area contributed by atoms with Crippen molar-refractivity contribution in [3.8, 4) is 0 Å². The van der Waals surface area contributed by atoms with Gasteiger partial charge in [0, 0.05) is 0 Å². The average Bonchev–Trinajstić information content (AvgIpc) is 1.61. The van der Waals surface area contributed by atoms with Crippen LogP contribution in [-0.4, -0.2) is 55.9 Å². The number of unbranched alkanes of at least 4 members (excludes halogenated alkanes) is 1. The van der Waals surface area contributed by atoms with Crippen LogP contribution in [0.2, 0.25) is 7.34 Å². The Balaban J connectivity index is 2.34. The van der Waals surface area contributed by atoms with Crippen molar-refractivity contribution in [2.45, 2.75) is 20.2 Å². The molecule has 0 unspecified atom stereocenters. The summed E-state index contributed by atoms with van der Waals surface area (Å²) in [4.78, 5) is 0. The Labute approximate surface area is 74.9 Å². The normalized spacial score (nSPS) is 9.33. The van der Waals surface area contributed by atoms with Gasteiger partial charge in [-0.25, -0.2) is 0 Å². The van der Waals surface area contributed by atoms with Crippen molar-refractivity contribution < 1.29 is 0 Å². The predicted octanol–water partition coefficient (Wildman–Crippen LogP) is 0.940. The molecule has 0 saturated carbocycles. The van der Waals surface area contributed by atoms with Crippen LogP contribution in [0.5, 0.6) is 0 Å². The van der Waals surface area contributed by atoms with Crippen molar-refractivity contribution in [2.75, 3.05) is 0 Å². The Morgan fingerprint density at radius 2 is 1.17 bits per heavy atom. The third-order valence-electron chi connectivity index (χ3n) is 0.957. The molecule has 0 aromatic heterocycles. The Kier molecular flexibility index (Phi) is 9.33. The quantitative estimate of drug-likeness (QED) is 0.367. The molecule has 0 nitrogen and oxygen atoms in total. The monoisotopic (exact) mass is 102 g/mol. The zero-order chi connectivity index (χ0) is 4.83. The van der Waals surface area contributed by atoms with Crippen molar-refractivity contribution >= 4 is 55.9 Å². The van der Waals surface area contributed by atoms with Crippen LogP contribution in [0.1, 0.15) is 12.8 Å². The van der Waals surface area contributed by atoms with Gasteiger partial charge in [-0.15, -0.1) is 0 Å². The Hall–Kier alpha value is 2.00. The minimum absolute atomic E-state index is 1.42. The predicted molar refractivity (Wildman–Crippen MR) is 30.4 cm³/mol. The summed E-state index contributed by atoms with van der Waals surface area (Å²) >= 11 is 2.84. The minimum atomic E-state index is 1.42. The number of rotatable bonds is 3. The fraction of sp³-hybridized carbons (Fsp3) is 1.00. The van der Waals surface area contributed by atoms with E-state index in [1.165, 1.54) is 76.0 Å². The van der Waals surface area contributed by atoms with Crippen molar-refractivity contribution in [1.82, 2.24) is 0 Å². The molecule has 0 amide bonds. The molecule has 0 heterocycles. The van der Waals surface area contributed by atoms with E-state index in [-0.39, 0.29) is 0 Å². The van der Waals surface area contributed by atoms with E-state index in [4.69, 9.17) is 0 Å². The van der Waals surface area contributed by atoms with Crippen molar-refractivity contribution in [3.05, 3.63) is 0 Å². The third kappa shape index (κ3) is 6.00. The van der Waals surface area contributed by atoms with E-state index in [2.05, 4.69) is 0 Å². The second-order valence-electron chi connectivity index (χ2n) is 1.71. The molecule has 0 aliphatic rings. The Morgan fingerprint density at radius 1 is 0.833 bits per heavy atom. The summed E-state index contributed by atoms with van der Waals surface area (Å²) in [5.41, 5.74) is 0. The van der Waals surface area contributed by atoms with E-state index < -0.39 is 0 Å². The molecule has 0 bridgehead atoms. The van der Waals surface area contributed by atoms with Crippen LogP contribution in [-0.2, 0) is 0 Å². The third-order valence-corrected chi connectivity index (χ3v) is 2.37. The Bertz CT molecular complexity index is 17.5. The average molecular weight is 102 g/mol. The van der Waals surface area contributed by atoms with Gasteiger partial charge in [-0.05, 0) is 0 Å². The summed E-state index contributed by atoms with van der Waals surface area (Å²) in [6, 6.07) is 0. The molecule has 0 spiro atoms. The van der Waals surface area contributed by atoms with Gasteiger partial charge >= 0.3 is 76.0 Å². The first-order valence-corrected chi connectivity index (χ1v) is 5.74. The van der Waals surface area contributed by atoms with Crippen LogP contribution >= 0.6 is 0 Å². The molecule has 0 aliphatic carbocycles. The van der Waals surface area contributed by atoms with Crippen molar-refractivity contribution in [3.63, 3.8) is 0 Å². The first-order valence-electron chi connectivity index (χ1n) is 2.91. The fourth-order valence-corrected chi connectivity index (χ4v) is 1.50. The zero-order valence-corrected chi connectivity index (χ0v) is 8.83. The van der Waals surface area contributed by atoms with Crippen LogP contribution in [0, 0.1) is 0 Å². The van der Waals surface area contributed by atoms with E-state index in [1.54, 1.807) is 0 Å². The number of hydrogen-bond acceptors (Lipinski definition) is 0. The van der Waals surface area contributed by atoms with Crippen LogP contribution in [0.4, 0.5) is 0 Å². The summed E-state index contributed by atoms with van der Waals surface area (Å²) in [5.74, 6) is 0. The van der Waals surface area contributed by atoms with Gasteiger partial charge < -0.3 is 0 Å². The molecule has 0 atom stereocenters. The summed E-state index contributed by atoms with van der Waals surface area (Å²) in [6.45, 7) is 0. The molecule has 6 heavy (non-hydrogen) atoms. The van der Waals surface area contributed by atoms with E-state index in [9.17, 15) is 0 Å². The second kappa shape index (κ2) is 7.00. The maximum atomic E-state index is 1.52. The Morgan fingerprint density at radius 3 is 1.33 bits per heavy atom. The zero-order valence-electron chi connectivity index (χ0n) is 4.83. The molecule has 0 aromatic carbocycles. The molecule has 0 fully saturated rings. The van der Waals surface area contributed by atoms with Gasteiger partial charge in [-0.3, -0.25) is 0 Å². The summed E-state index contributed by atoms with van der Waals surface area (Å²) in [5, 5.41) is 0. The van der Waals surface area contributed by atoms with Crippen LogP contribution < -0.4 is 0 Å². The number of hydrogen-bond donors (Lipinski definition) is 0. The molecular formula is C4H8Na2. The van der Waals surface area contributed by atoms with Crippen LogP contribution in [0.15, 0.2) is 0 Å². The van der Waals surface area contributed by atoms with Gasteiger partial charge in [0.1, 0.15) is 0 Å². The van der Waals surface area contributed by atoms with Gasteiger partial charge in [0.25, 0.3) is 0 Å². The van der Waals surface area contributed by atoms with E-state index in [0.29, 0.717) is 0 Å². The molecule has 2 heteroatoms. The van der Waals surface area contributed by atoms with Crippen LogP contribution in [0.3, 0.4) is 0 Å². The molecule has 0 N–H and O–H groups in total. The van der Waals surface area contributed by atoms with Crippen molar-refractivity contribution in [1.29, 1.82) is 0 Å². The van der Waals surface area contributed by atoms with E-state index in [0.717, 1.165) is 0 Å². The van der Waals surface area contributed by atoms with E-state index in [1.807, 2.05) is 0 Å². The summed E-state index contributed by atoms with van der Waals surface area (Å²) in [7, 11) is 0. The van der Waals surface area contributed by atoms with Crippen LogP contribution in [0.25, 0.3) is 0 Å². The van der Waals surface area contributed by atoms with Crippen molar-refractivity contribution in [2.24, 2.45) is 0 Å². The summed E-state index contributed by atoms with van der Waals surface area (Å²) in [6.07, 6.45) is 3.02. The molecule has 0 aromatic rings. The second-order valence-corrected chi connectivity index (χ2v) is 3.71. The topological polar surface area (TPSA) is 0 Å². The van der Waals surface area contributed by atoms with Gasteiger partial charge in [0.2, 0.25) is 0 Å². The molecular weight excluding hydrogens is 94.0 g/mol. The molecule has 26 valence electrons. The van der Waals surface area contributed by atoms with Gasteiger partial charge in [-0.1, -0.05) is 0 Å². The molecule has 0 rings (SSSR count). The SMILES string of the molecule is [Na][CH2]CC[CH2][Na]. The summed E-state index contributed by atoms with van der Waals surface area (Å²) < 4.78 is 3.03. The first kappa shape index (κ1) is 8.00. The molecule has 0 aliphatic heterocycles. The molecule has 0 radical (unpaired) electrons. The molecule has 0 saturated heterocycles. The first-order chi connectivity index (χ1) is 2.91. The van der Waals surface area contributed by atoms with Gasteiger partial charge in [0.05, 0.1) is 0 Å².